The van der Waals surface area contributed by atoms with Crippen LogP contribution in [0, 0.1) is 0 Å². The Hall–Kier alpha value is -1.56. The van der Waals surface area contributed by atoms with E-state index >= 15 is 0 Å². The summed E-state index contributed by atoms with van der Waals surface area (Å²) in [6.07, 6.45) is 0.848. The number of thiophene rings is 1. The molecule has 0 bridgehead atoms. The first-order valence-electron chi connectivity index (χ1n) is 7.44. The van der Waals surface area contributed by atoms with Crippen molar-refractivity contribution in [3.8, 4) is 0 Å². The Labute approximate surface area is 154 Å². The number of nitrogens with one attached hydrogen (secondary N) is 1. The van der Waals surface area contributed by atoms with Crippen molar-refractivity contribution in [2.24, 2.45) is 0 Å². The molecule has 0 aliphatic rings. The van der Waals surface area contributed by atoms with E-state index in [4.69, 9.17) is 27.9 Å². The largest absolute Gasteiger partial charge is 0.453 e. The molecule has 0 saturated carbocycles. The van der Waals surface area contributed by atoms with Crippen LogP contribution >= 0.6 is 34.5 Å². The minimum absolute atomic E-state index is 0.266. The van der Waals surface area contributed by atoms with Crippen molar-refractivity contribution in [1.82, 2.24) is 0 Å². The highest BCUT2D eigenvalue weighted by molar-refractivity contribution is 7.09. The lowest BCUT2D eigenvalue weighted by Crippen LogP contribution is -2.30. The monoisotopic (exact) mass is 385 g/mol. The summed E-state index contributed by atoms with van der Waals surface area (Å²) in [5, 5.41) is 5.23. The van der Waals surface area contributed by atoms with Gasteiger partial charge in [0.1, 0.15) is 0 Å². The van der Waals surface area contributed by atoms with E-state index in [9.17, 15) is 9.59 Å². The maximum Gasteiger partial charge on any atom is 0.306 e. The van der Waals surface area contributed by atoms with Crippen LogP contribution < -0.4 is 5.32 Å². The number of halogens is 2. The molecule has 0 aliphatic carbocycles. The van der Waals surface area contributed by atoms with Gasteiger partial charge in [0.2, 0.25) is 0 Å². The molecule has 4 nitrogen and oxygen atoms in total. The highest BCUT2D eigenvalue weighted by Crippen LogP contribution is 2.29. The van der Waals surface area contributed by atoms with Crippen LogP contribution in [0.15, 0.2) is 35.7 Å². The Balaban J connectivity index is 1.79. The van der Waals surface area contributed by atoms with Gasteiger partial charge < -0.3 is 10.1 Å². The molecule has 0 unspecified atom stereocenters. The summed E-state index contributed by atoms with van der Waals surface area (Å²) in [6.45, 7) is 1.51. The van der Waals surface area contributed by atoms with Crippen LogP contribution in [-0.2, 0) is 20.7 Å². The number of esters is 1. The summed E-state index contributed by atoms with van der Waals surface area (Å²) in [6, 6.07) is 8.91. The number of hydrogen-bond donors (Lipinski definition) is 1. The fraction of sp³-hybridized carbons (Fsp3) is 0.294. The molecule has 0 saturated heterocycles. The van der Waals surface area contributed by atoms with Gasteiger partial charge in [-0.15, -0.1) is 11.3 Å². The molecule has 128 valence electrons. The lowest BCUT2D eigenvalue weighted by Gasteiger charge is -2.15. The number of benzene rings is 1. The quantitative estimate of drug-likeness (QED) is 0.686. The zero-order valence-electron chi connectivity index (χ0n) is 13.1. The number of amides is 1. The second-order valence-corrected chi connectivity index (χ2v) is 7.00. The molecule has 2 aromatic rings. The lowest BCUT2D eigenvalue weighted by molar-refractivity contribution is -0.153. The van der Waals surface area contributed by atoms with Crippen LogP contribution in [0.3, 0.4) is 0 Å². The van der Waals surface area contributed by atoms with Crippen molar-refractivity contribution in [2.45, 2.75) is 32.3 Å². The van der Waals surface area contributed by atoms with E-state index in [1.165, 1.54) is 11.8 Å². The molecule has 1 atom stereocenters. The van der Waals surface area contributed by atoms with E-state index in [0.717, 1.165) is 6.42 Å². The van der Waals surface area contributed by atoms with Gasteiger partial charge in [0.15, 0.2) is 6.10 Å². The van der Waals surface area contributed by atoms with Crippen LogP contribution in [0.25, 0.3) is 0 Å². The average Bonchev–Trinajstić information content (AvgIpc) is 3.04. The van der Waals surface area contributed by atoms with Crippen LogP contribution in [-0.4, -0.2) is 18.0 Å². The first-order valence-corrected chi connectivity index (χ1v) is 9.07. The van der Waals surface area contributed by atoms with Gasteiger partial charge in [-0.1, -0.05) is 35.3 Å². The number of carbonyl (C=O) groups excluding carboxylic acids is 2. The number of para-hydroxylation sites is 1. The van der Waals surface area contributed by atoms with Crippen LogP contribution in [0.4, 0.5) is 5.69 Å². The van der Waals surface area contributed by atoms with E-state index in [-0.39, 0.29) is 6.42 Å². The third-order valence-electron chi connectivity index (χ3n) is 3.27. The van der Waals surface area contributed by atoms with Crippen molar-refractivity contribution in [2.75, 3.05) is 5.32 Å². The summed E-state index contributed by atoms with van der Waals surface area (Å²) in [4.78, 5) is 25.2. The molecule has 1 N–H and O–H groups in total. The van der Waals surface area contributed by atoms with Gasteiger partial charge in [-0.3, -0.25) is 9.59 Å². The minimum Gasteiger partial charge on any atom is -0.453 e. The fourth-order valence-corrected chi connectivity index (χ4v) is 3.26. The third kappa shape index (κ3) is 5.51. The topological polar surface area (TPSA) is 55.4 Å². The maximum absolute atomic E-state index is 12.1. The molecule has 0 radical (unpaired) electrons. The molecule has 1 aromatic heterocycles. The molecule has 0 spiro atoms. The smallest absolute Gasteiger partial charge is 0.306 e. The number of ether oxygens (including phenoxy) is 1. The molecule has 1 aromatic carbocycles. The zero-order valence-corrected chi connectivity index (χ0v) is 15.4. The number of rotatable bonds is 7. The van der Waals surface area contributed by atoms with Gasteiger partial charge in [-0.25, -0.2) is 0 Å². The number of hydrogen-bond acceptors (Lipinski definition) is 4. The Bertz CT molecular complexity index is 684. The molecule has 0 aliphatic heterocycles. The Morgan fingerprint density at radius 1 is 1.21 bits per heavy atom. The van der Waals surface area contributed by atoms with Crippen LogP contribution in [0.1, 0.15) is 24.6 Å². The number of carbonyl (C=O) groups is 2. The highest BCUT2D eigenvalue weighted by atomic mass is 35.5. The second kappa shape index (κ2) is 9.06. The summed E-state index contributed by atoms with van der Waals surface area (Å²) in [5.41, 5.74) is 0.312. The predicted octanol–water partition coefficient (Wildman–Crippen LogP) is 4.95. The molecule has 1 amide bonds. The van der Waals surface area contributed by atoms with Crippen molar-refractivity contribution in [3.05, 3.63) is 50.6 Å². The van der Waals surface area contributed by atoms with Crippen molar-refractivity contribution >= 4 is 52.1 Å². The predicted molar refractivity (Wildman–Crippen MR) is 97.9 cm³/mol. The van der Waals surface area contributed by atoms with E-state index in [1.54, 1.807) is 29.5 Å². The standard InChI is InChI=1S/C17H17Cl2NO3S/c1-11(17(22)20-16-13(18)7-3-8-14(16)19)23-15(21)9-2-5-12-6-4-10-24-12/h3-4,6-8,10-11H,2,5,9H2,1H3,(H,20,22)/t11-/m0/s1. The minimum atomic E-state index is -0.924. The summed E-state index contributed by atoms with van der Waals surface area (Å²) in [5.74, 6) is -0.879. The molecule has 24 heavy (non-hydrogen) atoms. The maximum atomic E-state index is 12.1. The van der Waals surface area contributed by atoms with Crippen LogP contribution in [0.2, 0.25) is 10.0 Å². The molecular weight excluding hydrogens is 369 g/mol. The fourth-order valence-electron chi connectivity index (χ4n) is 2.01. The molecule has 2 rings (SSSR count). The number of aryl methyl sites for hydroxylation is 1. The first kappa shape index (κ1) is 18.8. The molecular formula is C17H17Cl2NO3S. The second-order valence-electron chi connectivity index (χ2n) is 5.15. The average molecular weight is 386 g/mol. The lowest BCUT2D eigenvalue weighted by atomic mass is 10.2. The Morgan fingerprint density at radius 2 is 1.92 bits per heavy atom. The molecule has 1 heterocycles. The summed E-state index contributed by atoms with van der Waals surface area (Å²) < 4.78 is 5.15. The van der Waals surface area contributed by atoms with Gasteiger partial charge in [0.25, 0.3) is 5.91 Å². The number of anilines is 1. The van der Waals surface area contributed by atoms with Gasteiger partial charge in [-0.2, -0.15) is 0 Å². The van der Waals surface area contributed by atoms with Crippen molar-refractivity contribution in [3.63, 3.8) is 0 Å². The van der Waals surface area contributed by atoms with Gasteiger partial charge in [-0.05, 0) is 43.3 Å². The van der Waals surface area contributed by atoms with E-state index < -0.39 is 18.0 Å². The van der Waals surface area contributed by atoms with E-state index in [1.807, 2.05) is 17.5 Å². The molecule has 0 fully saturated rings. The Kier molecular flexibility index (Phi) is 7.09. The molecule has 7 heteroatoms. The highest BCUT2D eigenvalue weighted by Gasteiger charge is 2.19. The van der Waals surface area contributed by atoms with E-state index in [2.05, 4.69) is 5.32 Å². The Morgan fingerprint density at radius 3 is 2.54 bits per heavy atom. The summed E-state index contributed by atoms with van der Waals surface area (Å²) >= 11 is 13.6. The van der Waals surface area contributed by atoms with Crippen molar-refractivity contribution in [1.29, 1.82) is 0 Å². The van der Waals surface area contributed by atoms with Gasteiger partial charge >= 0.3 is 5.97 Å². The summed E-state index contributed by atoms with van der Waals surface area (Å²) in [7, 11) is 0. The third-order valence-corrected chi connectivity index (χ3v) is 4.84. The zero-order chi connectivity index (χ0) is 17.5. The van der Waals surface area contributed by atoms with Crippen molar-refractivity contribution < 1.29 is 14.3 Å². The van der Waals surface area contributed by atoms with Gasteiger partial charge in [0.05, 0.1) is 15.7 Å². The SMILES string of the molecule is C[C@H](OC(=O)CCCc1cccs1)C(=O)Nc1c(Cl)cccc1Cl. The normalized spacial score (nSPS) is 11.8. The van der Waals surface area contributed by atoms with Crippen LogP contribution in [0.5, 0.6) is 0 Å². The van der Waals surface area contributed by atoms with E-state index in [0.29, 0.717) is 22.2 Å². The van der Waals surface area contributed by atoms with Gasteiger partial charge in [0, 0.05) is 11.3 Å². The first-order chi connectivity index (χ1) is 11.5.